The maximum absolute atomic E-state index is 5.60. The molecule has 3 nitrogen and oxygen atoms in total. The summed E-state index contributed by atoms with van der Waals surface area (Å²) in [7, 11) is 1.65. The Balaban J connectivity index is 2.17. The monoisotopic (exact) mass is 413 g/mol. The van der Waals surface area contributed by atoms with Crippen LogP contribution in [0.3, 0.4) is 0 Å². The molecular formula is C16H17Br2NO2. The zero-order valence-electron chi connectivity index (χ0n) is 12.0. The summed E-state index contributed by atoms with van der Waals surface area (Å²) in [4.78, 5) is 0. The van der Waals surface area contributed by atoms with E-state index in [4.69, 9.17) is 9.47 Å². The van der Waals surface area contributed by atoms with Crippen molar-refractivity contribution < 1.29 is 9.47 Å². The highest BCUT2D eigenvalue weighted by atomic mass is 79.9. The Kier molecular flexibility index (Phi) is 5.94. The van der Waals surface area contributed by atoms with Crippen LogP contribution < -0.4 is 14.8 Å². The van der Waals surface area contributed by atoms with Gasteiger partial charge < -0.3 is 14.8 Å². The van der Waals surface area contributed by atoms with Gasteiger partial charge in [-0.2, -0.15) is 0 Å². The van der Waals surface area contributed by atoms with E-state index in [-0.39, 0.29) is 0 Å². The van der Waals surface area contributed by atoms with Crippen molar-refractivity contribution in [3.05, 3.63) is 50.9 Å². The molecule has 0 spiro atoms. The molecule has 0 aliphatic rings. The standard InChI is InChI=1S/C16H17Br2NO2/c1-3-21-16-13(18)8-11(9-15(16)20-2)10-19-14-7-5-4-6-12(14)17/h4-9,19H,3,10H2,1-2H3. The van der Waals surface area contributed by atoms with Crippen LogP contribution in [0.5, 0.6) is 11.5 Å². The molecule has 0 aromatic heterocycles. The number of para-hydroxylation sites is 1. The van der Waals surface area contributed by atoms with Crippen LogP contribution in [0, 0.1) is 0 Å². The first-order valence-corrected chi connectivity index (χ1v) is 8.22. The third kappa shape index (κ3) is 4.14. The van der Waals surface area contributed by atoms with Crippen LogP contribution in [0.4, 0.5) is 5.69 Å². The molecule has 0 saturated carbocycles. The highest BCUT2D eigenvalue weighted by Crippen LogP contribution is 2.37. The van der Waals surface area contributed by atoms with Crippen molar-refractivity contribution in [2.45, 2.75) is 13.5 Å². The zero-order chi connectivity index (χ0) is 15.2. The molecule has 0 radical (unpaired) electrons. The predicted octanol–water partition coefficient (Wildman–Crippen LogP) is 5.23. The average Bonchev–Trinajstić information content (AvgIpc) is 2.48. The van der Waals surface area contributed by atoms with E-state index >= 15 is 0 Å². The van der Waals surface area contributed by atoms with Crippen LogP contribution in [-0.2, 0) is 6.54 Å². The summed E-state index contributed by atoms with van der Waals surface area (Å²) in [5, 5.41) is 3.40. The number of ether oxygens (including phenoxy) is 2. The number of anilines is 1. The molecule has 2 aromatic carbocycles. The largest absolute Gasteiger partial charge is 0.493 e. The predicted molar refractivity (Wildman–Crippen MR) is 93.3 cm³/mol. The van der Waals surface area contributed by atoms with Crippen LogP contribution in [0.2, 0.25) is 0 Å². The fourth-order valence-electron chi connectivity index (χ4n) is 1.96. The molecule has 0 unspecified atom stereocenters. The van der Waals surface area contributed by atoms with Gasteiger partial charge in [0.05, 0.1) is 18.2 Å². The van der Waals surface area contributed by atoms with Gasteiger partial charge in [-0.3, -0.25) is 0 Å². The minimum absolute atomic E-state index is 0.601. The SMILES string of the molecule is CCOc1c(Br)cc(CNc2ccccc2Br)cc1OC. The maximum atomic E-state index is 5.60. The van der Waals surface area contributed by atoms with Gasteiger partial charge in [0.25, 0.3) is 0 Å². The van der Waals surface area contributed by atoms with Gasteiger partial charge in [-0.1, -0.05) is 12.1 Å². The molecule has 2 aromatic rings. The normalized spacial score (nSPS) is 10.3. The van der Waals surface area contributed by atoms with E-state index in [1.54, 1.807) is 7.11 Å². The molecule has 0 saturated heterocycles. The van der Waals surface area contributed by atoms with E-state index in [2.05, 4.69) is 37.2 Å². The molecule has 21 heavy (non-hydrogen) atoms. The van der Waals surface area contributed by atoms with Gasteiger partial charge in [-0.15, -0.1) is 0 Å². The molecule has 0 fully saturated rings. The molecule has 2 rings (SSSR count). The highest BCUT2D eigenvalue weighted by molar-refractivity contribution is 9.11. The maximum Gasteiger partial charge on any atom is 0.175 e. The van der Waals surface area contributed by atoms with E-state index in [0.29, 0.717) is 13.2 Å². The summed E-state index contributed by atoms with van der Waals surface area (Å²) in [6.45, 7) is 3.25. The fraction of sp³-hybridized carbons (Fsp3) is 0.250. The Bertz CT molecular complexity index is 617. The molecule has 0 bridgehead atoms. The minimum atomic E-state index is 0.601. The number of rotatable bonds is 6. The molecule has 1 N–H and O–H groups in total. The molecule has 0 heterocycles. The first-order valence-electron chi connectivity index (χ1n) is 6.63. The molecule has 0 aliphatic carbocycles. The second kappa shape index (κ2) is 7.71. The van der Waals surface area contributed by atoms with Gasteiger partial charge in [0, 0.05) is 16.7 Å². The number of nitrogens with one attached hydrogen (secondary N) is 1. The molecular weight excluding hydrogens is 398 g/mol. The van der Waals surface area contributed by atoms with Gasteiger partial charge in [-0.25, -0.2) is 0 Å². The van der Waals surface area contributed by atoms with Crippen LogP contribution in [0.15, 0.2) is 45.3 Å². The van der Waals surface area contributed by atoms with Crippen LogP contribution in [0.25, 0.3) is 0 Å². The van der Waals surface area contributed by atoms with Gasteiger partial charge in [0.15, 0.2) is 11.5 Å². The zero-order valence-corrected chi connectivity index (χ0v) is 15.1. The van der Waals surface area contributed by atoms with E-state index in [1.807, 2.05) is 43.3 Å². The van der Waals surface area contributed by atoms with E-state index in [0.717, 1.165) is 31.7 Å². The van der Waals surface area contributed by atoms with Gasteiger partial charge in [0.2, 0.25) is 0 Å². The number of hydrogen-bond donors (Lipinski definition) is 1. The quantitative estimate of drug-likeness (QED) is 0.701. The van der Waals surface area contributed by atoms with Gasteiger partial charge >= 0.3 is 0 Å². The summed E-state index contributed by atoms with van der Waals surface area (Å²) in [6.07, 6.45) is 0. The lowest BCUT2D eigenvalue weighted by atomic mass is 10.2. The van der Waals surface area contributed by atoms with Crippen LogP contribution in [0.1, 0.15) is 12.5 Å². The van der Waals surface area contributed by atoms with Crippen LogP contribution >= 0.6 is 31.9 Å². The van der Waals surface area contributed by atoms with Crippen molar-refractivity contribution in [1.29, 1.82) is 0 Å². The number of benzene rings is 2. The third-order valence-electron chi connectivity index (χ3n) is 2.93. The topological polar surface area (TPSA) is 30.5 Å². The Morgan fingerprint density at radius 2 is 1.86 bits per heavy atom. The first-order chi connectivity index (χ1) is 10.2. The van der Waals surface area contributed by atoms with Crippen molar-refractivity contribution in [2.75, 3.05) is 19.0 Å². The number of methoxy groups -OCH3 is 1. The summed E-state index contributed by atoms with van der Waals surface area (Å²) in [6, 6.07) is 12.1. The summed E-state index contributed by atoms with van der Waals surface area (Å²) in [5.74, 6) is 1.47. The smallest absolute Gasteiger partial charge is 0.175 e. The van der Waals surface area contributed by atoms with Gasteiger partial charge in [-0.05, 0) is 68.6 Å². The van der Waals surface area contributed by atoms with Gasteiger partial charge in [0.1, 0.15) is 0 Å². The van der Waals surface area contributed by atoms with Crippen molar-refractivity contribution >= 4 is 37.5 Å². The first kappa shape index (κ1) is 16.2. The molecule has 0 amide bonds. The van der Waals surface area contributed by atoms with Crippen molar-refractivity contribution in [1.82, 2.24) is 0 Å². The van der Waals surface area contributed by atoms with E-state index in [9.17, 15) is 0 Å². The summed E-state index contributed by atoms with van der Waals surface area (Å²) in [5.41, 5.74) is 2.17. The van der Waals surface area contributed by atoms with Crippen LogP contribution in [-0.4, -0.2) is 13.7 Å². The van der Waals surface area contributed by atoms with E-state index in [1.165, 1.54) is 0 Å². The Morgan fingerprint density at radius 1 is 1.10 bits per heavy atom. The molecule has 112 valence electrons. The van der Waals surface area contributed by atoms with Crippen molar-refractivity contribution in [3.63, 3.8) is 0 Å². The number of halogens is 2. The Labute approximate surface area is 141 Å². The molecule has 0 aliphatic heterocycles. The lowest BCUT2D eigenvalue weighted by Crippen LogP contribution is -2.02. The Hall–Kier alpha value is -1.20. The summed E-state index contributed by atoms with van der Waals surface area (Å²) >= 11 is 7.07. The lowest BCUT2D eigenvalue weighted by molar-refractivity contribution is 0.308. The molecule has 5 heteroatoms. The second-order valence-electron chi connectivity index (χ2n) is 4.38. The Morgan fingerprint density at radius 3 is 2.52 bits per heavy atom. The summed E-state index contributed by atoms with van der Waals surface area (Å²) < 4.78 is 12.9. The highest BCUT2D eigenvalue weighted by Gasteiger charge is 2.11. The minimum Gasteiger partial charge on any atom is -0.493 e. The van der Waals surface area contributed by atoms with Crippen molar-refractivity contribution in [2.24, 2.45) is 0 Å². The second-order valence-corrected chi connectivity index (χ2v) is 6.08. The third-order valence-corrected chi connectivity index (χ3v) is 4.22. The molecule has 0 atom stereocenters. The van der Waals surface area contributed by atoms with E-state index < -0.39 is 0 Å². The average molecular weight is 415 g/mol. The fourth-order valence-corrected chi connectivity index (χ4v) is 2.99. The van der Waals surface area contributed by atoms with Crippen molar-refractivity contribution in [3.8, 4) is 11.5 Å². The number of hydrogen-bond acceptors (Lipinski definition) is 3. The lowest BCUT2D eigenvalue weighted by Gasteiger charge is -2.14.